The molecule has 30 heavy (non-hydrogen) atoms. The summed E-state index contributed by atoms with van der Waals surface area (Å²) in [4.78, 5) is 32.5. The van der Waals surface area contributed by atoms with Crippen molar-refractivity contribution in [2.45, 2.75) is 43.4 Å². The number of hydrogen-bond acceptors (Lipinski definition) is 5. The Morgan fingerprint density at radius 3 is 2.83 bits per heavy atom. The molecule has 4 atom stereocenters. The SMILES string of the molecule is CC[C@H](O)[C@@H]1C(=O)N2C(C)=C(S[C@H]3CCN(C(N)=NC(=O)c4ccccc4)C3)S[C@H]12. The van der Waals surface area contributed by atoms with Crippen LogP contribution in [0.4, 0.5) is 0 Å². The van der Waals surface area contributed by atoms with E-state index < -0.39 is 6.10 Å². The van der Waals surface area contributed by atoms with Crippen molar-refractivity contribution in [1.82, 2.24) is 9.80 Å². The van der Waals surface area contributed by atoms with Gasteiger partial charge in [-0.1, -0.05) is 36.9 Å². The number of carbonyl (C=O) groups is 2. The van der Waals surface area contributed by atoms with Gasteiger partial charge < -0.3 is 20.6 Å². The van der Waals surface area contributed by atoms with Crippen LogP contribution < -0.4 is 5.73 Å². The van der Waals surface area contributed by atoms with Crippen molar-refractivity contribution < 1.29 is 14.7 Å². The Hall–Kier alpha value is -1.97. The number of benzene rings is 1. The number of hydrogen-bond donors (Lipinski definition) is 2. The molecule has 9 heteroatoms. The summed E-state index contributed by atoms with van der Waals surface area (Å²) in [6.07, 6.45) is 0.932. The number of nitrogens with zero attached hydrogens (tertiary/aromatic N) is 3. The molecule has 0 aromatic heterocycles. The summed E-state index contributed by atoms with van der Waals surface area (Å²) in [6, 6.07) is 8.90. The molecule has 3 N–H and O–H groups in total. The van der Waals surface area contributed by atoms with E-state index >= 15 is 0 Å². The number of β-lactam (4-membered cyclic amide) rings is 1. The summed E-state index contributed by atoms with van der Waals surface area (Å²) in [7, 11) is 0. The van der Waals surface area contributed by atoms with Crippen LogP contribution in [0.1, 0.15) is 37.0 Å². The van der Waals surface area contributed by atoms with Gasteiger partial charge in [-0.2, -0.15) is 4.99 Å². The molecule has 3 aliphatic heterocycles. The van der Waals surface area contributed by atoms with E-state index in [1.165, 1.54) is 0 Å². The van der Waals surface area contributed by atoms with Gasteiger partial charge in [0.2, 0.25) is 5.91 Å². The first-order valence-corrected chi connectivity index (χ1v) is 11.9. The van der Waals surface area contributed by atoms with E-state index in [1.54, 1.807) is 47.8 Å². The number of aliphatic imine (C=N–C) groups is 1. The van der Waals surface area contributed by atoms with Crippen LogP contribution in [0, 0.1) is 5.92 Å². The van der Waals surface area contributed by atoms with Gasteiger partial charge in [0.15, 0.2) is 5.96 Å². The molecule has 2 fully saturated rings. The number of aliphatic hydroxyl groups excluding tert-OH is 1. The highest BCUT2D eigenvalue weighted by molar-refractivity contribution is 8.23. The van der Waals surface area contributed by atoms with E-state index in [4.69, 9.17) is 5.73 Å². The lowest BCUT2D eigenvalue weighted by Gasteiger charge is -2.44. The van der Waals surface area contributed by atoms with Crippen LogP contribution in [0.5, 0.6) is 0 Å². The summed E-state index contributed by atoms with van der Waals surface area (Å²) in [5, 5.41) is 10.5. The third-order valence-corrected chi connectivity index (χ3v) is 8.84. The van der Waals surface area contributed by atoms with Gasteiger partial charge in [-0.25, -0.2) is 0 Å². The van der Waals surface area contributed by atoms with Crippen molar-refractivity contribution in [3.05, 3.63) is 45.8 Å². The van der Waals surface area contributed by atoms with Crippen molar-refractivity contribution in [3.63, 3.8) is 0 Å². The predicted molar refractivity (Wildman–Crippen MR) is 121 cm³/mol. The zero-order chi connectivity index (χ0) is 21.4. The number of nitrogens with two attached hydrogens (primary N) is 1. The highest BCUT2D eigenvalue weighted by atomic mass is 32.2. The summed E-state index contributed by atoms with van der Waals surface area (Å²) in [5.74, 6) is -0.363. The van der Waals surface area contributed by atoms with Crippen LogP contribution in [0.2, 0.25) is 0 Å². The van der Waals surface area contributed by atoms with Gasteiger partial charge in [-0.15, -0.1) is 11.8 Å². The van der Waals surface area contributed by atoms with Crippen LogP contribution in [0.25, 0.3) is 0 Å². The zero-order valence-electron chi connectivity index (χ0n) is 17.0. The molecule has 7 nitrogen and oxygen atoms in total. The highest BCUT2D eigenvalue weighted by Gasteiger charge is 2.55. The number of thioether (sulfide) groups is 2. The molecule has 4 rings (SSSR count). The van der Waals surface area contributed by atoms with Crippen molar-refractivity contribution in [3.8, 4) is 0 Å². The smallest absolute Gasteiger partial charge is 0.280 e. The summed E-state index contributed by atoms with van der Waals surface area (Å²) >= 11 is 3.44. The Bertz CT molecular complexity index is 905. The quantitative estimate of drug-likeness (QED) is 0.407. The minimum atomic E-state index is -0.580. The van der Waals surface area contributed by atoms with Gasteiger partial charge in [0.05, 0.1) is 16.3 Å². The monoisotopic (exact) mass is 446 g/mol. The Kier molecular flexibility index (Phi) is 6.13. The molecule has 2 amide bonds. The number of fused-ring (bicyclic) bond motifs is 1. The van der Waals surface area contributed by atoms with Gasteiger partial charge >= 0.3 is 0 Å². The van der Waals surface area contributed by atoms with Crippen LogP contribution in [0.15, 0.2) is 45.3 Å². The molecule has 1 aromatic carbocycles. The molecule has 0 saturated carbocycles. The van der Waals surface area contributed by atoms with Crippen molar-refractivity contribution in [2.24, 2.45) is 16.6 Å². The summed E-state index contributed by atoms with van der Waals surface area (Å²) < 4.78 is 1.14. The van der Waals surface area contributed by atoms with Gasteiger partial charge in [0, 0.05) is 29.6 Å². The fourth-order valence-corrected chi connectivity index (χ4v) is 7.26. The number of rotatable bonds is 5. The predicted octanol–water partition coefficient (Wildman–Crippen LogP) is 2.44. The molecule has 0 unspecified atom stereocenters. The Balaban J connectivity index is 1.35. The molecule has 0 bridgehead atoms. The molecule has 1 aromatic rings. The van der Waals surface area contributed by atoms with E-state index in [9.17, 15) is 14.7 Å². The molecular formula is C21H26N4O3S2. The van der Waals surface area contributed by atoms with Crippen LogP contribution in [-0.2, 0) is 4.79 Å². The number of guanidine groups is 1. The largest absolute Gasteiger partial charge is 0.392 e. The Morgan fingerprint density at radius 1 is 1.40 bits per heavy atom. The van der Waals surface area contributed by atoms with E-state index in [0.717, 1.165) is 22.9 Å². The lowest BCUT2D eigenvalue weighted by Crippen LogP contribution is -2.60. The second kappa shape index (κ2) is 8.64. The van der Waals surface area contributed by atoms with Gasteiger partial charge in [0.25, 0.3) is 5.91 Å². The van der Waals surface area contributed by atoms with E-state index in [-0.39, 0.29) is 29.1 Å². The lowest BCUT2D eigenvalue weighted by molar-refractivity contribution is -0.153. The normalized spacial score (nSPS) is 27.4. The molecule has 0 radical (unpaired) electrons. The van der Waals surface area contributed by atoms with Crippen molar-refractivity contribution in [1.29, 1.82) is 0 Å². The van der Waals surface area contributed by atoms with Gasteiger partial charge in [-0.3, -0.25) is 9.59 Å². The number of amides is 2. The fraction of sp³-hybridized carbons (Fsp3) is 0.476. The zero-order valence-corrected chi connectivity index (χ0v) is 18.7. The second-order valence-electron chi connectivity index (χ2n) is 7.71. The van der Waals surface area contributed by atoms with Crippen LogP contribution in [-0.4, -0.2) is 62.5 Å². The van der Waals surface area contributed by atoms with Crippen molar-refractivity contribution >= 4 is 41.3 Å². The minimum absolute atomic E-state index is 0.0163. The average molecular weight is 447 g/mol. The molecular weight excluding hydrogens is 420 g/mol. The average Bonchev–Trinajstić information content (AvgIpc) is 3.31. The van der Waals surface area contributed by atoms with E-state index in [2.05, 4.69) is 4.99 Å². The van der Waals surface area contributed by atoms with E-state index in [1.807, 2.05) is 29.7 Å². The summed E-state index contributed by atoms with van der Waals surface area (Å²) in [6.45, 7) is 5.33. The first kappa shape index (κ1) is 21.3. The minimum Gasteiger partial charge on any atom is -0.392 e. The van der Waals surface area contributed by atoms with Crippen molar-refractivity contribution in [2.75, 3.05) is 13.1 Å². The molecule has 160 valence electrons. The van der Waals surface area contributed by atoms with E-state index in [0.29, 0.717) is 23.8 Å². The molecule has 2 saturated heterocycles. The fourth-order valence-electron chi connectivity index (χ4n) is 3.99. The van der Waals surface area contributed by atoms with Crippen LogP contribution in [0.3, 0.4) is 0 Å². The Morgan fingerprint density at radius 2 is 2.13 bits per heavy atom. The standard InChI is InChI=1S/C21H26N4O3S2/c1-3-15(26)16-18(28)25-12(2)20(30-19(16)25)29-14-9-10-24(11-14)21(22)23-17(27)13-7-5-4-6-8-13/h4-8,14-16,19,26H,3,9-11H2,1-2H3,(H2,22,23,27)/t14-,15-,16+,19+/m0/s1. The highest BCUT2D eigenvalue weighted by Crippen LogP contribution is 2.55. The number of likely N-dealkylation sites (tertiary alicyclic amines) is 1. The maximum atomic E-state index is 12.4. The number of aliphatic hydroxyl groups is 1. The lowest BCUT2D eigenvalue weighted by atomic mass is 9.90. The maximum Gasteiger partial charge on any atom is 0.280 e. The third-order valence-electron chi connectivity index (χ3n) is 5.78. The Labute approximate surface area is 184 Å². The molecule has 0 aliphatic carbocycles. The molecule has 3 aliphatic rings. The third kappa shape index (κ3) is 3.86. The van der Waals surface area contributed by atoms with Gasteiger partial charge in [0.1, 0.15) is 5.37 Å². The number of allylic oxidation sites excluding steroid dienone is 1. The second-order valence-corrected chi connectivity index (χ2v) is 10.4. The van der Waals surface area contributed by atoms with Crippen LogP contribution >= 0.6 is 23.5 Å². The maximum absolute atomic E-state index is 12.4. The topological polar surface area (TPSA) is 99.2 Å². The first-order valence-electron chi connectivity index (χ1n) is 10.1. The summed E-state index contributed by atoms with van der Waals surface area (Å²) in [5.41, 5.74) is 7.61. The first-order chi connectivity index (χ1) is 14.4. The molecule has 0 spiro atoms. The van der Waals surface area contributed by atoms with Gasteiger partial charge in [-0.05, 0) is 31.9 Å². The molecule has 3 heterocycles. The number of carbonyl (C=O) groups excluding carboxylic acids is 2.